The average molecular weight is 472 g/mol. The molecule has 0 aliphatic carbocycles. The van der Waals surface area contributed by atoms with Crippen LogP contribution in [0.5, 0.6) is 5.75 Å². The molecule has 0 radical (unpaired) electrons. The van der Waals surface area contributed by atoms with Crippen LogP contribution in [0.2, 0.25) is 0 Å². The number of halogens is 1. The third-order valence-corrected chi connectivity index (χ3v) is 4.08. The summed E-state index contributed by atoms with van der Waals surface area (Å²) in [7, 11) is 3.60. The molecule has 1 atom stereocenters. The van der Waals surface area contributed by atoms with Crippen molar-refractivity contribution in [3.8, 4) is 5.75 Å². The first-order valence-corrected chi connectivity index (χ1v) is 8.63. The Morgan fingerprint density at radius 1 is 1.27 bits per heavy atom. The fourth-order valence-corrected chi connectivity index (χ4v) is 2.45. The maximum atomic E-state index is 5.21. The number of benzene rings is 1. The van der Waals surface area contributed by atoms with Crippen LogP contribution in [0.4, 0.5) is 0 Å². The minimum atomic E-state index is 0. The molecule has 0 bridgehead atoms. The molecule has 0 amide bonds. The summed E-state index contributed by atoms with van der Waals surface area (Å²) in [5.41, 5.74) is 1.31. The smallest absolute Gasteiger partial charge is 0.191 e. The molecular formula is C18H29IN6O. The number of hydrogen-bond donors (Lipinski definition) is 2. The number of nitrogens with zero attached hydrogens (tertiary/aromatic N) is 4. The Labute approximate surface area is 172 Å². The molecule has 1 unspecified atom stereocenters. The molecule has 2 N–H and O–H groups in total. The van der Waals surface area contributed by atoms with E-state index in [1.165, 1.54) is 5.56 Å². The van der Waals surface area contributed by atoms with Crippen molar-refractivity contribution in [2.45, 2.75) is 32.7 Å². The van der Waals surface area contributed by atoms with Crippen LogP contribution in [0.25, 0.3) is 0 Å². The maximum absolute atomic E-state index is 5.21. The first kappa shape index (κ1) is 22.2. The zero-order valence-corrected chi connectivity index (χ0v) is 18.2. The van der Waals surface area contributed by atoms with Gasteiger partial charge in [-0.05, 0) is 37.0 Å². The number of guanidine groups is 1. The molecule has 0 aliphatic heterocycles. The van der Waals surface area contributed by atoms with Crippen LogP contribution in [0, 0.1) is 0 Å². The Kier molecular flexibility index (Phi) is 10.0. The normalized spacial score (nSPS) is 12.2. The highest BCUT2D eigenvalue weighted by atomic mass is 127. The number of ether oxygens (including phenoxy) is 1. The van der Waals surface area contributed by atoms with Crippen LogP contribution in [0.1, 0.15) is 37.6 Å². The van der Waals surface area contributed by atoms with E-state index in [1.807, 2.05) is 23.7 Å². The van der Waals surface area contributed by atoms with Gasteiger partial charge in [-0.1, -0.05) is 19.1 Å². The van der Waals surface area contributed by atoms with Gasteiger partial charge in [0.1, 0.15) is 18.6 Å². The molecule has 0 fully saturated rings. The minimum Gasteiger partial charge on any atom is -0.497 e. The fraction of sp³-hybridized carbons (Fsp3) is 0.500. The van der Waals surface area contributed by atoms with Gasteiger partial charge in [-0.2, -0.15) is 0 Å². The molecule has 8 heteroatoms. The molecule has 1 aromatic heterocycles. The zero-order chi connectivity index (χ0) is 18.1. The SMILES string of the molecule is CCNC(=NCc1nncn1C)NCCC(C)c1ccc(OC)cc1.I. The molecule has 0 aliphatic rings. The number of methoxy groups -OCH3 is 1. The van der Waals surface area contributed by atoms with E-state index >= 15 is 0 Å². The Morgan fingerprint density at radius 2 is 2.00 bits per heavy atom. The lowest BCUT2D eigenvalue weighted by Crippen LogP contribution is -2.38. The Hall–Kier alpha value is -1.84. The van der Waals surface area contributed by atoms with Gasteiger partial charge in [-0.25, -0.2) is 4.99 Å². The molecule has 0 saturated carbocycles. The average Bonchev–Trinajstić information content (AvgIpc) is 3.04. The summed E-state index contributed by atoms with van der Waals surface area (Å²) < 4.78 is 7.08. The van der Waals surface area contributed by atoms with Crippen molar-refractivity contribution < 1.29 is 4.74 Å². The molecular weight excluding hydrogens is 443 g/mol. The third-order valence-electron chi connectivity index (χ3n) is 4.08. The fourth-order valence-electron chi connectivity index (χ4n) is 2.45. The van der Waals surface area contributed by atoms with E-state index in [4.69, 9.17) is 4.74 Å². The summed E-state index contributed by atoms with van der Waals surface area (Å²) in [5.74, 6) is 2.98. The van der Waals surface area contributed by atoms with Crippen molar-refractivity contribution in [2.24, 2.45) is 12.0 Å². The zero-order valence-electron chi connectivity index (χ0n) is 15.9. The molecule has 0 spiro atoms. The Bertz CT molecular complexity index is 671. The Balaban J connectivity index is 0.00000338. The number of nitrogens with one attached hydrogen (secondary N) is 2. The van der Waals surface area contributed by atoms with E-state index in [9.17, 15) is 0 Å². The van der Waals surface area contributed by atoms with E-state index < -0.39 is 0 Å². The third kappa shape index (κ3) is 6.81. The lowest BCUT2D eigenvalue weighted by molar-refractivity contribution is 0.414. The van der Waals surface area contributed by atoms with Crippen molar-refractivity contribution >= 4 is 29.9 Å². The number of aliphatic imine (C=N–C) groups is 1. The first-order chi connectivity index (χ1) is 12.1. The lowest BCUT2D eigenvalue weighted by Gasteiger charge is -2.15. The summed E-state index contributed by atoms with van der Waals surface area (Å²) in [6.07, 6.45) is 2.70. The van der Waals surface area contributed by atoms with E-state index in [0.717, 1.165) is 37.0 Å². The summed E-state index contributed by atoms with van der Waals surface area (Å²) in [5, 5.41) is 14.6. The highest BCUT2D eigenvalue weighted by Crippen LogP contribution is 2.21. The maximum Gasteiger partial charge on any atom is 0.191 e. The van der Waals surface area contributed by atoms with Crippen molar-refractivity contribution in [1.82, 2.24) is 25.4 Å². The van der Waals surface area contributed by atoms with Gasteiger partial charge in [-0.3, -0.25) is 0 Å². The second-order valence-electron chi connectivity index (χ2n) is 5.94. The van der Waals surface area contributed by atoms with Gasteiger partial charge >= 0.3 is 0 Å². The quantitative estimate of drug-likeness (QED) is 0.351. The molecule has 1 aromatic carbocycles. The van der Waals surface area contributed by atoms with Crippen LogP contribution in [-0.4, -0.2) is 40.9 Å². The van der Waals surface area contributed by atoms with Gasteiger partial charge in [0.2, 0.25) is 0 Å². The largest absolute Gasteiger partial charge is 0.497 e. The van der Waals surface area contributed by atoms with Crippen molar-refractivity contribution in [3.63, 3.8) is 0 Å². The van der Waals surface area contributed by atoms with Crippen LogP contribution < -0.4 is 15.4 Å². The van der Waals surface area contributed by atoms with E-state index in [-0.39, 0.29) is 24.0 Å². The van der Waals surface area contributed by atoms with Gasteiger partial charge in [0.25, 0.3) is 0 Å². The van der Waals surface area contributed by atoms with Crippen molar-refractivity contribution in [2.75, 3.05) is 20.2 Å². The number of hydrogen-bond acceptors (Lipinski definition) is 4. The minimum absolute atomic E-state index is 0. The summed E-state index contributed by atoms with van der Waals surface area (Å²) >= 11 is 0. The molecule has 2 aromatic rings. The van der Waals surface area contributed by atoms with Gasteiger partial charge in [-0.15, -0.1) is 34.2 Å². The van der Waals surface area contributed by atoms with Crippen molar-refractivity contribution in [3.05, 3.63) is 42.0 Å². The predicted octanol–water partition coefficient (Wildman–Crippen LogP) is 2.69. The van der Waals surface area contributed by atoms with Gasteiger partial charge in [0, 0.05) is 20.1 Å². The molecule has 2 rings (SSSR count). The molecule has 7 nitrogen and oxygen atoms in total. The standard InChI is InChI=1S/C18H28N6O.HI/c1-5-19-18(21-12-17-23-22-13-24(17)3)20-11-10-14(2)15-6-8-16(25-4)9-7-15;/h6-9,13-14H,5,10-12H2,1-4H3,(H2,19,20,21);1H. The van der Waals surface area contributed by atoms with Crippen molar-refractivity contribution in [1.29, 1.82) is 0 Å². The molecule has 0 saturated heterocycles. The predicted molar refractivity (Wildman–Crippen MR) is 115 cm³/mol. The second-order valence-corrected chi connectivity index (χ2v) is 5.94. The topological polar surface area (TPSA) is 76.4 Å². The van der Waals surface area contributed by atoms with E-state index in [1.54, 1.807) is 13.4 Å². The lowest BCUT2D eigenvalue weighted by atomic mass is 9.98. The van der Waals surface area contributed by atoms with E-state index in [0.29, 0.717) is 12.5 Å². The summed E-state index contributed by atoms with van der Waals surface area (Å²) in [6, 6.07) is 8.26. The second kappa shape index (κ2) is 11.7. The van der Waals surface area contributed by atoms with Gasteiger partial charge < -0.3 is 19.9 Å². The summed E-state index contributed by atoms with van der Waals surface area (Å²) in [6.45, 7) is 6.45. The van der Waals surface area contributed by atoms with Gasteiger partial charge in [0.15, 0.2) is 11.8 Å². The van der Waals surface area contributed by atoms with E-state index in [2.05, 4.69) is 51.8 Å². The number of aryl methyl sites for hydroxylation is 1. The highest BCUT2D eigenvalue weighted by Gasteiger charge is 2.07. The first-order valence-electron chi connectivity index (χ1n) is 8.63. The number of rotatable bonds is 8. The van der Waals surface area contributed by atoms with Crippen LogP contribution in [0.15, 0.2) is 35.6 Å². The molecule has 144 valence electrons. The highest BCUT2D eigenvalue weighted by molar-refractivity contribution is 14.0. The van der Waals surface area contributed by atoms with Gasteiger partial charge in [0.05, 0.1) is 7.11 Å². The van der Waals surface area contributed by atoms with Crippen LogP contribution >= 0.6 is 24.0 Å². The van der Waals surface area contributed by atoms with Crippen LogP contribution in [-0.2, 0) is 13.6 Å². The Morgan fingerprint density at radius 3 is 2.58 bits per heavy atom. The molecule has 1 heterocycles. The number of aromatic nitrogens is 3. The molecule has 26 heavy (non-hydrogen) atoms. The monoisotopic (exact) mass is 472 g/mol. The van der Waals surface area contributed by atoms with Crippen LogP contribution in [0.3, 0.4) is 0 Å². The summed E-state index contributed by atoms with van der Waals surface area (Å²) in [4.78, 5) is 4.56.